The Morgan fingerprint density at radius 2 is 2.06 bits per heavy atom. The predicted octanol–water partition coefficient (Wildman–Crippen LogP) is 3.63. The van der Waals surface area contributed by atoms with Crippen molar-refractivity contribution in [2.75, 3.05) is 54.1 Å². The van der Waals surface area contributed by atoms with Crippen LogP contribution in [0.15, 0.2) is 66.2 Å². The normalized spacial score (nSPS) is 12.9. The zero-order valence-corrected chi connectivity index (χ0v) is 20.2. The fourth-order valence-electron chi connectivity index (χ4n) is 3.47. The number of nitrogens with zero attached hydrogens (tertiary/aromatic N) is 3. The van der Waals surface area contributed by atoms with Crippen molar-refractivity contribution in [3.8, 4) is 5.75 Å². The number of amides is 1. The summed E-state index contributed by atoms with van der Waals surface area (Å²) in [5.74, 6) is 1.25. The number of para-hydroxylation sites is 1. The molecule has 3 N–H and O–H groups in total. The van der Waals surface area contributed by atoms with Gasteiger partial charge in [0, 0.05) is 12.8 Å². The summed E-state index contributed by atoms with van der Waals surface area (Å²) >= 11 is -1.33. The van der Waals surface area contributed by atoms with E-state index in [-0.39, 0.29) is 5.91 Å². The Morgan fingerprint density at radius 3 is 2.77 bits per heavy atom. The Kier molecular flexibility index (Phi) is 7.70. The third kappa shape index (κ3) is 5.65. The molecule has 3 aromatic rings. The Balaban J connectivity index is 1.56. The maximum Gasteiger partial charge on any atom is 0.251 e. The van der Waals surface area contributed by atoms with Gasteiger partial charge in [-0.15, -0.1) is 0 Å². The van der Waals surface area contributed by atoms with Crippen molar-refractivity contribution in [1.29, 1.82) is 0 Å². The molecule has 0 bridgehead atoms. The average Bonchev–Trinajstić information content (AvgIpc) is 3.30. The summed E-state index contributed by atoms with van der Waals surface area (Å²) in [6.45, 7) is 4.87. The smallest absolute Gasteiger partial charge is 0.251 e. The first-order valence-corrected chi connectivity index (χ1v) is 12.3. The molecule has 1 aliphatic rings. The van der Waals surface area contributed by atoms with Crippen LogP contribution >= 0.6 is 0 Å². The molecule has 2 aromatic carbocycles. The Morgan fingerprint density at radius 1 is 1.26 bits per heavy atom. The predicted molar refractivity (Wildman–Crippen MR) is 137 cm³/mol. The van der Waals surface area contributed by atoms with Gasteiger partial charge in [0.1, 0.15) is 18.6 Å². The van der Waals surface area contributed by atoms with Crippen molar-refractivity contribution >= 4 is 51.6 Å². The maximum absolute atomic E-state index is 12.4. The lowest BCUT2D eigenvalue weighted by Crippen LogP contribution is -2.28. The summed E-state index contributed by atoms with van der Waals surface area (Å²) in [6.07, 6.45) is 4.37. The van der Waals surface area contributed by atoms with Crippen LogP contribution in [0, 0.1) is 0 Å². The van der Waals surface area contributed by atoms with E-state index >= 15 is 0 Å². The first-order valence-electron chi connectivity index (χ1n) is 10.8. The molecule has 1 amide bonds. The van der Waals surface area contributed by atoms with E-state index in [4.69, 9.17) is 9.47 Å². The number of hydrogen-bond donors (Lipinski definition) is 3. The molecule has 182 valence electrons. The molecular weight excluding hydrogens is 468 g/mol. The van der Waals surface area contributed by atoms with Gasteiger partial charge >= 0.3 is 0 Å². The molecule has 0 aliphatic carbocycles. The van der Waals surface area contributed by atoms with Gasteiger partial charge in [-0.05, 0) is 53.7 Å². The topological polar surface area (TPSA) is 124 Å². The van der Waals surface area contributed by atoms with E-state index in [2.05, 4.69) is 32.5 Å². The number of hydrogen-bond acceptors (Lipinski definition) is 9. The lowest BCUT2D eigenvalue weighted by molar-refractivity contribution is -0.114. The lowest BCUT2D eigenvalue weighted by Gasteiger charge is -2.16. The third-order valence-corrected chi connectivity index (χ3v) is 6.09. The van der Waals surface area contributed by atoms with Crippen LogP contribution in [0.2, 0.25) is 0 Å². The van der Waals surface area contributed by atoms with E-state index in [1.165, 1.54) is 12.3 Å². The number of nitrogens with one attached hydrogen (secondary N) is 3. The molecule has 1 unspecified atom stereocenters. The largest absolute Gasteiger partial charge is 0.612 e. The van der Waals surface area contributed by atoms with Crippen LogP contribution in [-0.4, -0.2) is 53.7 Å². The zero-order valence-electron chi connectivity index (χ0n) is 19.4. The fraction of sp³-hybridized carbons (Fsp3) is 0.208. The van der Waals surface area contributed by atoms with Gasteiger partial charge in [0.15, 0.2) is 5.82 Å². The number of carbonyl (C=O) groups is 1. The number of benzene rings is 2. The summed E-state index contributed by atoms with van der Waals surface area (Å²) in [6, 6.07) is 12.9. The lowest BCUT2D eigenvalue weighted by atomic mass is 10.2. The van der Waals surface area contributed by atoms with Gasteiger partial charge in [0.05, 0.1) is 36.5 Å². The summed E-state index contributed by atoms with van der Waals surface area (Å²) in [5.41, 5.74) is 2.92. The molecule has 0 saturated carbocycles. The second kappa shape index (κ2) is 11.1. The van der Waals surface area contributed by atoms with Crippen LogP contribution in [0.1, 0.15) is 0 Å². The van der Waals surface area contributed by atoms with Crippen molar-refractivity contribution in [3.05, 3.63) is 61.3 Å². The number of methoxy groups -OCH3 is 1. The standard InChI is InChI=1S/C24H26N6O4S/c1-4-21(31)30-15-26-22-18(6-5-7-19(22)30)28-23-20(35(3)32)14-25-24(29-23)27-16-8-10-17(11-9-16)34-13-12-33-2/h4-11,14,26H,1,12-13,15H2,2-3H3,(H2,25,27,28,29). The van der Waals surface area contributed by atoms with Crippen LogP contribution in [-0.2, 0) is 20.7 Å². The van der Waals surface area contributed by atoms with Gasteiger partial charge in [-0.3, -0.25) is 9.69 Å². The van der Waals surface area contributed by atoms with Crippen molar-refractivity contribution in [2.24, 2.45) is 0 Å². The Hall–Kier alpha value is -3.80. The highest BCUT2D eigenvalue weighted by atomic mass is 32.2. The Labute approximate surface area is 206 Å². The highest BCUT2D eigenvalue weighted by molar-refractivity contribution is 7.90. The van der Waals surface area contributed by atoms with E-state index in [0.717, 1.165) is 22.8 Å². The van der Waals surface area contributed by atoms with Crippen molar-refractivity contribution < 1.29 is 18.8 Å². The van der Waals surface area contributed by atoms with Crippen LogP contribution in [0.4, 0.5) is 34.5 Å². The van der Waals surface area contributed by atoms with Crippen LogP contribution in [0.5, 0.6) is 5.75 Å². The number of fused-ring (bicyclic) bond motifs is 1. The molecule has 0 saturated heterocycles. The molecule has 2 heterocycles. The minimum atomic E-state index is -1.33. The van der Waals surface area contributed by atoms with Gasteiger partial charge in [-0.25, -0.2) is 4.98 Å². The minimum absolute atomic E-state index is 0.201. The monoisotopic (exact) mass is 494 g/mol. The first-order chi connectivity index (χ1) is 17.0. The van der Waals surface area contributed by atoms with E-state index in [9.17, 15) is 9.35 Å². The second-order valence-corrected chi connectivity index (χ2v) is 8.83. The van der Waals surface area contributed by atoms with Gasteiger partial charge in [-0.1, -0.05) is 12.6 Å². The van der Waals surface area contributed by atoms with E-state index in [1.54, 1.807) is 18.3 Å². The number of ether oxygens (including phenoxy) is 2. The summed E-state index contributed by atoms with van der Waals surface area (Å²) in [4.78, 5) is 23.1. The number of rotatable bonds is 10. The van der Waals surface area contributed by atoms with Crippen molar-refractivity contribution in [1.82, 2.24) is 9.97 Å². The molecule has 35 heavy (non-hydrogen) atoms. The molecule has 0 spiro atoms. The molecular formula is C24H26N6O4S. The third-order valence-electron chi connectivity index (χ3n) is 5.17. The number of carbonyl (C=O) groups excluding carboxylic acids is 1. The highest BCUT2D eigenvalue weighted by Crippen LogP contribution is 2.39. The maximum atomic E-state index is 12.4. The molecule has 11 heteroatoms. The average molecular weight is 495 g/mol. The van der Waals surface area contributed by atoms with Gasteiger partial charge in [0.25, 0.3) is 5.91 Å². The number of anilines is 6. The molecule has 0 radical (unpaired) electrons. The Bertz CT molecular complexity index is 1210. The quantitative estimate of drug-likeness (QED) is 0.220. The van der Waals surface area contributed by atoms with Gasteiger partial charge in [0.2, 0.25) is 10.8 Å². The van der Waals surface area contributed by atoms with Crippen molar-refractivity contribution in [3.63, 3.8) is 0 Å². The van der Waals surface area contributed by atoms with Crippen LogP contribution in [0.3, 0.4) is 0 Å². The number of aromatic nitrogens is 2. The van der Waals surface area contributed by atoms with E-state index in [1.807, 2.05) is 42.5 Å². The molecule has 1 aromatic heterocycles. The zero-order chi connectivity index (χ0) is 24.8. The minimum Gasteiger partial charge on any atom is -0.612 e. The molecule has 4 rings (SSSR count). The summed E-state index contributed by atoms with van der Waals surface area (Å²) < 4.78 is 22.9. The SMILES string of the molecule is C=CC(=O)N1CNc2c(Nc3nc(Nc4ccc(OCCOC)cc4)ncc3[S+](C)[O-])cccc21. The summed E-state index contributed by atoms with van der Waals surface area (Å²) in [7, 11) is 1.62. The fourth-order valence-corrected chi connectivity index (χ4v) is 4.04. The van der Waals surface area contributed by atoms with Crippen LogP contribution < -0.4 is 25.6 Å². The first kappa shape index (κ1) is 24.3. The molecule has 10 nitrogen and oxygen atoms in total. The van der Waals surface area contributed by atoms with E-state index < -0.39 is 11.2 Å². The van der Waals surface area contributed by atoms with Crippen molar-refractivity contribution in [2.45, 2.75) is 4.90 Å². The van der Waals surface area contributed by atoms with Crippen LogP contribution in [0.25, 0.3) is 0 Å². The summed E-state index contributed by atoms with van der Waals surface area (Å²) in [5, 5.41) is 9.63. The van der Waals surface area contributed by atoms with Gasteiger partial charge < -0.3 is 30.0 Å². The second-order valence-electron chi connectivity index (χ2n) is 7.48. The molecule has 1 aliphatic heterocycles. The highest BCUT2D eigenvalue weighted by Gasteiger charge is 2.26. The van der Waals surface area contributed by atoms with Gasteiger partial charge in [-0.2, -0.15) is 4.98 Å². The molecule has 0 fully saturated rings. The van der Waals surface area contributed by atoms with E-state index in [0.29, 0.717) is 42.2 Å². The molecule has 1 atom stereocenters.